The van der Waals surface area contributed by atoms with Crippen molar-refractivity contribution in [1.29, 1.82) is 0 Å². The molecule has 0 atom stereocenters. The van der Waals surface area contributed by atoms with E-state index in [-0.39, 0.29) is 49.4 Å². The highest BCUT2D eigenvalue weighted by molar-refractivity contribution is 5.92. The fourth-order valence-corrected chi connectivity index (χ4v) is 8.22. The molecule has 61 heavy (non-hydrogen) atoms. The highest BCUT2D eigenvalue weighted by Crippen LogP contribution is 2.56. The van der Waals surface area contributed by atoms with Crippen LogP contribution in [0.5, 0.6) is 0 Å². The Labute approximate surface area is 358 Å². The topological polar surface area (TPSA) is 111 Å². The van der Waals surface area contributed by atoms with Crippen LogP contribution in [0.4, 0.5) is 11.4 Å². The fourth-order valence-electron chi connectivity index (χ4n) is 8.22. The minimum absolute atomic E-state index is 0.164. The molecular formula is C53H52N2O6. The first-order valence-corrected chi connectivity index (χ1v) is 21.3. The van der Waals surface area contributed by atoms with Crippen molar-refractivity contribution in [2.24, 2.45) is 0 Å². The molecule has 0 saturated heterocycles. The van der Waals surface area contributed by atoms with Crippen LogP contribution in [0.15, 0.2) is 158 Å². The number of ether oxygens (including phenoxy) is 2. The molecule has 310 valence electrons. The number of amides is 2. The molecule has 7 rings (SSSR count). The number of aryl methyl sites for hydroxylation is 2. The van der Waals surface area contributed by atoms with Crippen molar-refractivity contribution in [2.45, 2.75) is 69.6 Å². The van der Waals surface area contributed by atoms with Gasteiger partial charge in [0.15, 0.2) is 0 Å². The second kappa shape index (κ2) is 20.9. The van der Waals surface area contributed by atoms with Gasteiger partial charge >= 0.3 is 11.9 Å². The molecule has 2 N–H and O–H groups in total. The number of fused-ring (bicyclic) bond motifs is 3. The van der Waals surface area contributed by atoms with Gasteiger partial charge < -0.3 is 20.1 Å². The molecule has 6 aromatic rings. The van der Waals surface area contributed by atoms with Gasteiger partial charge in [-0.05, 0) is 107 Å². The van der Waals surface area contributed by atoms with Gasteiger partial charge in [-0.2, -0.15) is 0 Å². The zero-order valence-electron chi connectivity index (χ0n) is 34.4. The van der Waals surface area contributed by atoms with Crippen molar-refractivity contribution in [3.63, 3.8) is 0 Å². The van der Waals surface area contributed by atoms with Crippen LogP contribution in [-0.2, 0) is 46.9 Å². The van der Waals surface area contributed by atoms with E-state index in [2.05, 4.69) is 108 Å². The molecule has 6 aromatic carbocycles. The summed E-state index contributed by atoms with van der Waals surface area (Å²) in [6.45, 7) is 0.724. The van der Waals surface area contributed by atoms with E-state index in [1.54, 1.807) is 0 Å². The molecule has 8 heteroatoms. The zero-order chi connectivity index (χ0) is 42.3. The van der Waals surface area contributed by atoms with Crippen LogP contribution in [0.1, 0.15) is 84.7 Å². The van der Waals surface area contributed by atoms with Crippen LogP contribution in [-0.4, -0.2) is 37.0 Å². The predicted octanol–water partition coefficient (Wildman–Crippen LogP) is 10.6. The summed E-state index contributed by atoms with van der Waals surface area (Å²) in [5.41, 5.74) is 9.74. The average molecular weight is 813 g/mol. The maximum atomic E-state index is 12.9. The van der Waals surface area contributed by atoms with E-state index in [4.69, 9.17) is 9.47 Å². The number of anilines is 2. The molecule has 1 aliphatic rings. The number of esters is 2. The van der Waals surface area contributed by atoms with E-state index in [1.807, 2.05) is 60.7 Å². The standard InChI is InChI=1S/C53H52N2O6/c56-49(25-11-27-51(58)60-37-13-19-39-15-3-1-4-16-39)54-43-33-29-41(30-34-43)53(47-23-9-7-21-45(47)46-22-8-10-24-48(46)53)42-31-35-44(36-32-42)55-50(57)26-12-28-52(59)61-38-14-20-40-17-5-2-6-18-40/h1-10,15-18,21-24,29-36H,11-14,19-20,25-28,37-38H2,(H,54,56)(H,55,57). The Morgan fingerprint density at radius 2 is 0.787 bits per heavy atom. The van der Waals surface area contributed by atoms with Gasteiger partial charge in [-0.25, -0.2) is 0 Å². The number of carbonyl (C=O) groups excluding carboxylic acids is 4. The normalized spacial score (nSPS) is 12.1. The van der Waals surface area contributed by atoms with Crippen molar-refractivity contribution >= 4 is 35.1 Å². The summed E-state index contributed by atoms with van der Waals surface area (Å²) in [6, 6.07) is 53.0. The van der Waals surface area contributed by atoms with Gasteiger partial charge in [0.1, 0.15) is 0 Å². The van der Waals surface area contributed by atoms with Gasteiger partial charge in [0.25, 0.3) is 0 Å². The Balaban J connectivity index is 0.952. The zero-order valence-corrected chi connectivity index (χ0v) is 34.4. The first-order valence-electron chi connectivity index (χ1n) is 21.3. The Kier molecular flexibility index (Phi) is 14.5. The first kappa shape index (κ1) is 42.3. The van der Waals surface area contributed by atoms with E-state index in [0.717, 1.165) is 59.1 Å². The highest BCUT2D eigenvalue weighted by atomic mass is 16.5. The van der Waals surface area contributed by atoms with Gasteiger partial charge in [0.2, 0.25) is 11.8 Å². The highest BCUT2D eigenvalue weighted by Gasteiger charge is 2.45. The molecule has 0 spiro atoms. The predicted molar refractivity (Wildman–Crippen MR) is 240 cm³/mol. The summed E-state index contributed by atoms with van der Waals surface area (Å²) in [4.78, 5) is 50.4. The smallest absolute Gasteiger partial charge is 0.305 e. The van der Waals surface area contributed by atoms with Gasteiger partial charge in [0.05, 0.1) is 18.6 Å². The number of rotatable bonds is 20. The maximum absolute atomic E-state index is 12.9. The van der Waals surface area contributed by atoms with Crippen LogP contribution in [0.2, 0.25) is 0 Å². The summed E-state index contributed by atoms with van der Waals surface area (Å²) in [6.07, 6.45) is 4.80. The molecular weight excluding hydrogens is 761 g/mol. The number of hydrogen-bond acceptors (Lipinski definition) is 6. The van der Waals surface area contributed by atoms with Gasteiger partial charge in [0, 0.05) is 37.1 Å². The van der Waals surface area contributed by atoms with Crippen molar-refractivity contribution in [1.82, 2.24) is 0 Å². The molecule has 8 nitrogen and oxygen atoms in total. The molecule has 0 unspecified atom stereocenters. The van der Waals surface area contributed by atoms with Crippen LogP contribution in [0.25, 0.3) is 11.1 Å². The lowest BCUT2D eigenvalue weighted by atomic mass is 9.67. The van der Waals surface area contributed by atoms with Crippen LogP contribution >= 0.6 is 0 Å². The molecule has 1 aliphatic carbocycles. The van der Waals surface area contributed by atoms with Crippen molar-refractivity contribution in [2.75, 3.05) is 23.8 Å². The Morgan fingerprint density at radius 1 is 0.410 bits per heavy atom. The van der Waals surface area contributed by atoms with Gasteiger partial charge in [-0.15, -0.1) is 0 Å². The minimum atomic E-state index is -0.665. The lowest BCUT2D eigenvalue weighted by molar-refractivity contribution is -0.144. The van der Waals surface area contributed by atoms with Crippen molar-refractivity contribution < 1.29 is 28.7 Å². The summed E-state index contributed by atoms with van der Waals surface area (Å²) in [5.74, 6) is -0.906. The summed E-state index contributed by atoms with van der Waals surface area (Å²) in [5, 5.41) is 6.00. The number of hydrogen-bond donors (Lipinski definition) is 2. The average Bonchev–Trinajstić information content (AvgIpc) is 3.59. The molecule has 0 aromatic heterocycles. The summed E-state index contributed by atoms with van der Waals surface area (Å²) < 4.78 is 10.8. The fraction of sp³-hybridized carbons (Fsp3) is 0.245. The third-order valence-electron chi connectivity index (χ3n) is 11.2. The van der Waals surface area contributed by atoms with Crippen LogP contribution in [0, 0.1) is 0 Å². The Morgan fingerprint density at radius 3 is 1.20 bits per heavy atom. The minimum Gasteiger partial charge on any atom is -0.466 e. The maximum Gasteiger partial charge on any atom is 0.305 e. The molecule has 0 fully saturated rings. The first-order chi connectivity index (χ1) is 29.9. The van der Waals surface area contributed by atoms with E-state index < -0.39 is 5.41 Å². The Hall–Kier alpha value is -6.80. The third kappa shape index (κ3) is 10.9. The molecule has 0 heterocycles. The van der Waals surface area contributed by atoms with E-state index in [9.17, 15) is 19.2 Å². The molecule has 2 amide bonds. The third-order valence-corrected chi connectivity index (χ3v) is 11.2. The van der Waals surface area contributed by atoms with Crippen molar-refractivity contribution in [3.05, 3.63) is 191 Å². The van der Waals surface area contributed by atoms with Gasteiger partial charge in [-0.1, -0.05) is 133 Å². The van der Waals surface area contributed by atoms with E-state index >= 15 is 0 Å². The second-order valence-electron chi connectivity index (χ2n) is 15.4. The monoisotopic (exact) mass is 812 g/mol. The van der Waals surface area contributed by atoms with E-state index in [1.165, 1.54) is 11.1 Å². The lowest BCUT2D eigenvalue weighted by Gasteiger charge is -2.34. The summed E-state index contributed by atoms with van der Waals surface area (Å²) >= 11 is 0. The van der Waals surface area contributed by atoms with Gasteiger partial charge in [-0.3, -0.25) is 19.2 Å². The lowest BCUT2D eigenvalue weighted by Crippen LogP contribution is -2.28. The molecule has 0 bridgehead atoms. The molecule has 0 radical (unpaired) electrons. The molecule has 0 aliphatic heterocycles. The number of nitrogens with one attached hydrogen (secondary N) is 2. The van der Waals surface area contributed by atoms with Crippen LogP contribution < -0.4 is 10.6 Å². The number of benzene rings is 6. The van der Waals surface area contributed by atoms with Crippen molar-refractivity contribution in [3.8, 4) is 11.1 Å². The molecule has 0 saturated carbocycles. The Bertz CT molecular complexity index is 2220. The van der Waals surface area contributed by atoms with E-state index in [0.29, 0.717) is 37.4 Å². The summed E-state index contributed by atoms with van der Waals surface area (Å²) in [7, 11) is 0. The largest absolute Gasteiger partial charge is 0.466 e. The second-order valence-corrected chi connectivity index (χ2v) is 15.4. The number of carbonyl (C=O) groups is 4. The SMILES string of the molecule is O=C(CCCC(=O)OCCCc1ccccc1)Nc1ccc(C2(c3ccc(NC(=O)CCCC(=O)OCCCc4ccccc4)cc3)c3ccccc3-c3ccccc32)cc1. The van der Waals surface area contributed by atoms with Crippen LogP contribution in [0.3, 0.4) is 0 Å². The quantitative estimate of drug-likeness (QED) is 0.0586.